The third-order valence-corrected chi connectivity index (χ3v) is 3.06. The smallest absolute Gasteiger partial charge is 0.0103 e. The SMILES string of the molecule is C=C(C)c1ccccc1-c1ccccc1C(=C)C. The van der Waals surface area contributed by atoms with Gasteiger partial charge in [-0.05, 0) is 36.1 Å². The predicted molar refractivity (Wildman–Crippen MR) is 81.3 cm³/mol. The second kappa shape index (κ2) is 5.05. The number of rotatable bonds is 3. The molecule has 0 N–H and O–H groups in total. The summed E-state index contributed by atoms with van der Waals surface area (Å²) in [6.45, 7) is 12.2. The van der Waals surface area contributed by atoms with Crippen LogP contribution in [0.4, 0.5) is 0 Å². The van der Waals surface area contributed by atoms with Gasteiger partial charge in [0.25, 0.3) is 0 Å². The molecule has 0 unspecified atom stereocenters. The summed E-state index contributed by atoms with van der Waals surface area (Å²) < 4.78 is 0. The molecule has 90 valence electrons. The number of hydrogen-bond acceptors (Lipinski definition) is 0. The first-order chi connectivity index (χ1) is 8.61. The Labute approximate surface area is 109 Å². The first-order valence-corrected chi connectivity index (χ1v) is 6.11. The van der Waals surface area contributed by atoms with Crippen molar-refractivity contribution >= 4 is 11.1 Å². The molecule has 0 atom stereocenters. The minimum absolute atomic E-state index is 1.09. The lowest BCUT2D eigenvalue weighted by molar-refractivity contribution is 1.51. The fourth-order valence-corrected chi connectivity index (χ4v) is 2.18. The van der Waals surface area contributed by atoms with Crippen LogP contribution < -0.4 is 0 Å². The summed E-state index contributed by atoms with van der Waals surface area (Å²) in [5, 5.41) is 0. The van der Waals surface area contributed by atoms with Crippen molar-refractivity contribution in [1.82, 2.24) is 0 Å². The molecule has 0 nitrogen and oxygen atoms in total. The summed E-state index contributed by atoms with van der Waals surface area (Å²) in [4.78, 5) is 0. The van der Waals surface area contributed by atoms with Crippen molar-refractivity contribution in [3.63, 3.8) is 0 Å². The maximum Gasteiger partial charge on any atom is -0.0103 e. The van der Waals surface area contributed by atoms with Crippen molar-refractivity contribution in [3.05, 3.63) is 72.8 Å². The Morgan fingerprint density at radius 3 is 1.33 bits per heavy atom. The van der Waals surface area contributed by atoms with Crippen molar-refractivity contribution in [3.8, 4) is 11.1 Å². The standard InChI is InChI=1S/C18H18/c1-13(2)15-9-5-7-11-17(15)18-12-8-6-10-16(18)14(3)4/h5-12H,1,3H2,2,4H3. The van der Waals surface area contributed by atoms with E-state index in [0.29, 0.717) is 0 Å². The summed E-state index contributed by atoms with van der Waals surface area (Å²) in [5.74, 6) is 0. The highest BCUT2D eigenvalue weighted by Gasteiger charge is 2.09. The predicted octanol–water partition coefficient (Wildman–Crippen LogP) is 5.42. The highest BCUT2D eigenvalue weighted by molar-refractivity contribution is 5.86. The minimum atomic E-state index is 1.09. The highest BCUT2D eigenvalue weighted by atomic mass is 14.1. The molecule has 2 aromatic rings. The molecule has 0 aliphatic carbocycles. The largest absolute Gasteiger partial charge is 0.0955 e. The molecule has 2 rings (SSSR count). The Balaban J connectivity index is 2.70. The maximum absolute atomic E-state index is 4.06. The van der Waals surface area contributed by atoms with Crippen LogP contribution in [0.15, 0.2) is 61.7 Å². The van der Waals surface area contributed by atoms with E-state index in [1.54, 1.807) is 0 Å². The molecule has 0 spiro atoms. The van der Waals surface area contributed by atoms with E-state index in [0.717, 1.165) is 11.1 Å². The Kier molecular flexibility index (Phi) is 3.47. The molecular weight excluding hydrogens is 216 g/mol. The average molecular weight is 234 g/mol. The van der Waals surface area contributed by atoms with E-state index < -0.39 is 0 Å². The van der Waals surface area contributed by atoms with Gasteiger partial charge >= 0.3 is 0 Å². The number of hydrogen-bond donors (Lipinski definition) is 0. The third-order valence-electron chi connectivity index (χ3n) is 3.06. The van der Waals surface area contributed by atoms with E-state index in [2.05, 4.69) is 61.7 Å². The van der Waals surface area contributed by atoms with Gasteiger partial charge in [0.1, 0.15) is 0 Å². The van der Waals surface area contributed by atoms with Crippen LogP contribution in [0.3, 0.4) is 0 Å². The van der Waals surface area contributed by atoms with Gasteiger partial charge in [-0.2, -0.15) is 0 Å². The van der Waals surface area contributed by atoms with Gasteiger partial charge in [0.15, 0.2) is 0 Å². The molecule has 0 aromatic heterocycles. The molecule has 0 heterocycles. The zero-order chi connectivity index (χ0) is 13.1. The maximum atomic E-state index is 4.06. The highest BCUT2D eigenvalue weighted by Crippen LogP contribution is 2.32. The summed E-state index contributed by atoms with van der Waals surface area (Å²) >= 11 is 0. The Morgan fingerprint density at radius 2 is 1.00 bits per heavy atom. The first kappa shape index (κ1) is 12.4. The summed E-state index contributed by atoms with van der Waals surface area (Å²) in [6, 6.07) is 16.8. The van der Waals surface area contributed by atoms with Gasteiger partial charge in [-0.3, -0.25) is 0 Å². The van der Waals surface area contributed by atoms with E-state index in [-0.39, 0.29) is 0 Å². The quantitative estimate of drug-likeness (QED) is 0.665. The summed E-state index contributed by atoms with van der Waals surface area (Å²) in [6.07, 6.45) is 0. The summed E-state index contributed by atoms with van der Waals surface area (Å²) in [7, 11) is 0. The van der Waals surface area contributed by atoms with Gasteiger partial charge in [0.2, 0.25) is 0 Å². The van der Waals surface area contributed by atoms with Crippen molar-refractivity contribution in [2.75, 3.05) is 0 Å². The lowest BCUT2D eigenvalue weighted by Gasteiger charge is -2.13. The molecule has 18 heavy (non-hydrogen) atoms. The van der Waals surface area contributed by atoms with E-state index in [1.165, 1.54) is 22.3 Å². The van der Waals surface area contributed by atoms with E-state index in [1.807, 2.05) is 13.8 Å². The van der Waals surface area contributed by atoms with Crippen LogP contribution in [0.1, 0.15) is 25.0 Å². The van der Waals surface area contributed by atoms with Crippen LogP contribution in [-0.2, 0) is 0 Å². The topological polar surface area (TPSA) is 0 Å². The zero-order valence-electron chi connectivity index (χ0n) is 11.0. The summed E-state index contributed by atoms with van der Waals surface area (Å²) in [5.41, 5.74) is 7.02. The van der Waals surface area contributed by atoms with E-state index in [4.69, 9.17) is 0 Å². The van der Waals surface area contributed by atoms with E-state index >= 15 is 0 Å². The van der Waals surface area contributed by atoms with Gasteiger partial charge in [-0.25, -0.2) is 0 Å². The number of benzene rings is 2. The van der Waals surface area contributed by atoms with Gasteiger partial charge in [0.05, 0.1) is 0 Å². The lowest BCUT2D eigenvalue weighted by atomic mass is 9.91. The molecule has 0 aliphatic rings. The van der Waals surface area contributed by atoms with Crippen molar-refractivity contribution in [2.45, 2.75) is 13.8 Å². The normalized spacial score (nSPS) is 10.1. The molecule has 0 aliphatic heterocycles. The monoisotopic (exact) mass is 234 g/mol. The van der Waals surface area contributed by atoms with Crippen LogP contribution in [-0.4, -0.2) is 0 Å². The molecule has 0 bridgehead atoms. The van der Waals surface area contributed by atoms with Gasteiger partial charge in [-0.1, -0.05) is 72.8 Å². The van der Waals surface area contributed by atoms with Crippen LogP contribution in [0.2, 0.25) is 0 Å². The Bertz CT molecular complexity index is 547. The fourth-order valence-electron chi connectivity index (χ4n) is 2.18. The van der Waals surface area contributed by atoms with Crippen LogP contribution in [0.25, 0.3) is 22.3 Å². The van der Waals surface area contributed by atoms with E-state index in [9.17, 15) is 0 Å². The van der Waals surface area contributed by atoms with Gasteiger partial charge < -0.3 is 0 Å². The van der Waals surface area contributed by atoms with Crippen LogP contribution in [0.5, 0.6) is 0 Å². The minimum Gasteiger partial charge on any atom is -0.0955 e. The molecule has 2 aromatic carbocycles. The van der Waals surface area contributed by atoms with Crippen molar-refractivity contribution < 1.29 is 0 Å². The van der Waals surface area contributed by atoms with Crippen molar-refractivity contribution in [2.24, 2.45) is 0 Å². The zero-order valence-corrected chi connectivity index (χ0v) is 11.0. The number of allylic oxidation sites excluding steroid dienone is 2. The second-order valence-electron chi connectivity index (χ2n) is 4.65. The molecule has 0 amide bonds. The molecular formula is C18H18. The van der Waals surface area contributed by atoms with Gasteiger partial charge in [0, 0.05) is 0 Å². The second-order valence-corrected chi connectivity index (χ2v) is 4.65. The molecule has 0 radical (unpaired) electrons. The fraction of sp³-hybridized carbons (Fsp3) is 0.111. The lowest BCUT2D eigenvalue weighted by Crippen LogP contribution is -1.90. The Morgan fingerprint density at radius 1 is 0.667 bits per heavy atom. The van der Waals surface area contributed by atoms with Gasteiger partial charge in [-0.15, -0.1) is 0 Å². The third kappa shape index (κ3) is 2.28. The van der Waals surface area contributed by atoms with Crippen molar-refractivity contribution in [1.29, 1.82) is 0 Å². The first-order valence-electron chi connectivity index (χ1n) is 6.11. The molecule has 0 fully saturated rings. The van der Waals surface area contributed by atoms with Crippen LogP contribution in [0, 0.1) is 0 Å². The molecule has 0 saturated heterocycles. The molecule has 0 heteroatoms. The molecule has 0 saturated carbocycles. The average Bonchev–Trinajstić information content (AvgIpc) is 2.38. The van der Waals surface area contributed by atoms with Crippen LogP contribution >= 0.6 is 0 Å². The Hall–Kier alpha value is -2.08.